The lowest BCUT2D eigenvalue weighted by atomic mass is 10.1. The van der Waals surface area contributed by atoms with E-state index in [2.05, 4.69) is 10.3 Å². The van der Waals surface area contributed by atoms with E-state index in [1.54, 1.807) is 11.0 Å². The molecule has 2 rings (SSSR count). The molecule has 5 nitrogen and oxygen atoms in total. The highest BCUT2D eigenvalue weighted by atomic mass is 35.5. The first-order chi connectivity index (χ1) is 12.0. The number of nitrogens with one attached hydrogen (secondary N) is 1. The first-order valence-electron chi connectivity index (χ1n) is 8.33. The van der Waals surface area contributed by atoms with Crippen molar-refractivity contribution in [2.75, 3.05) is 19.6 Å². The van der Waals surface area contributed by atoms with E-state index in [9.17, 15) is 9.59 Å². The molecule has 132 valence electrons. The van der Waals surface area contributed by atoms with Crippen LogP contribution in [0.3, 0.4) is 0 Å². The van der Waals surface area contributed by atoms with Crippen molar-refractivity contribution in [1.82, 2.24) is 15.2 Å². The summed E-state index contributed by atoms with van der Waals surface area (Å²) in [5, 5.41) is 3.49. The third kappa shape index (κ3) is 5.29. The number of nitrogens with zero attached hydrogens (tertiary/aromatic N) is 2. The Morgan fingerprint density at radius 3 is 2.60 bits per heavy atom. The van der Waals surface area contributed by atoms with Gasteiger partial charge in [0.25, 0.3) is 11.8 Å². The number of carbonyl (C=O) groups is 2. The van der Waals surface area contributed by atoms with Gasteiger partial charge in [-0.15, -0.1) is 0 Å². The van der Waals surface area contributed by atoms with Gasteiger partial charge in [0.15, 0.2) is 0 Å². The zero-order valence-electron chi connectivity index (χ0n) is 14.5. The molecule has 2 aromatic rings. The van der Waals surface area contributed by atoms with Crippen molar-refractivity contribution in [3.05, 3.63) is 64.4 Å². The molecule has 1 aromatic heterocycles. The number of benzene rings is 1. The summed E-state index contributed by atoms with van der Waals surface area (Å²) in [7, 11) is 0. The van der Waals surface area contributed by atoms with Crippen LogP contribution in [-0.2, 0) is 6.42 Å². The fraction of sp³-hybridized carbons (Fsp3) is 0.316. The van der Waals surface area contributed by atoms with Gasteiger partial charge in [-0.25, -0.2) is 0 Å². The fourth-order valence-corrected chi connectivity index (χ4v) is 2.70. The van der Waals surface area contributed by atoms with Crippen molar-refractivity contribution in [3.8, 4) is 0 Å². The monoisotopic (exact) mass is 359 g/mol. The van der Waals surface area contributed by atoms with Gasteiger partial charge in [0.1, 0.15) is 5.69 Å². The Labute approximate surface area is 153 Å². The van der Waals surface area contributed by atoms with Crippen LogP contribution in [0.15, 0.2) is 42.6 Å². The molecule has 0 aliphatic rings. The third-order valence-electron chi connectivity index (χ3n) is 3.88. The summed E-state index contributed by atoms with van der Waals surface area (Å²) >= 11 is 5.95. The van der Waals surface area contributed by atoms with Crippen LogP contribution in [0.1, 0.15) is 40.3 Å². The Morgan fingerprint density at radius 1 is 1.16 bits per heavy atom. The molecule has 1 N–H and O–H groups in total. The summed E-state index contributed by atoms with van der Waals surface area (Å²) in [5.74, 6) is -0.392. The second-order valence-corrected chi connectivity index (χ2v) is 5.98. The predicted molar refractivity (Wildman–Crippen MR) is 99.0 cm³/mol. The summed E-state index contributed by atoms with van der Waals surface area (Å²) < 4.78 is 0. The third-order valence-corrected chi connectivity index (χ3v) is 4.11. The lowest BCUT2D eigenvalue weighted by molar-refractivity contribution is 0.0773. The van der Waals surface area contributed by atoms with Gasteiger partial charge in [-0.3, -0.25) is 14.6 Å². The van der Waals surface area contributed by atoms with E-state index >= 15 is 0 Å². The van der Waals surface area contributed by atoms with E-state index in [0.717, 1.165) is 5.56 Å². The topological polar surface area (TPSA) is 62.3 Å². The van der Waals surface area contributed by atoms with Crippen LogP contribution in [0.25, 0.3) is 0 Å². The van der Waals surface area contributed by atoms with Gasteiger partial charge in [-0.05, 0) is 50.1 Å². The van der Waals surface area contributed by atoms with E-state index < -0.39 is 0 Å². The van der Waals surface area contributed by atoms with Gasteiger partial charge in [0.05, 0.1) is 0 Å². The second kappa shape index (κ2) is 9.18. The predicted octanol–water partition coefficient (Wildman–Crippen LogP) is 3.19. The Morgan fingerprint density at radius 2 is 1.92 bits per heavy atom. The maximum atomic E-state index is 12.4. The summed E-state index contributed by atoms with van der Waals surface area (Å²) in [6, 6.07) is 10.7. The smallest absolute Gasteiger partial charge is 0.269 e. The van der Waals surface area contributed by atoms with Crippen LogP contribution < -0.4 is 5.32 Å². The van der Waals surface area contributed by atoms with Gasteiger partial charge in [0.2, 0.25) is 0 Å². The van der Waals surface area contributed by atoms with E-state index in [4.69, 9.17) is 11.6 Å². The van der Waals surface area contributed by atoms with Crippen molar-refractivity contribution in [2.24, 2.45) is 0 Å². The minimum Gasteiger partial charge on any atom is -0.350 e. The molecule has 0 aliphatic heterocycles. The summed E-state index contributed by atoms with van der Waals surface area (Å²) in [6.45, 7) is 5.56. The molecule has 0 saturated heterocycles. The molecule has 0 aliphatic carbocycles. The van der Waals surface area contributed by atoms with Crippen molar-refractivity contribution < 1.29 is 9.59 Å². The van der Waals surface area contributed by atoms with Crippen molar-refractivity contribution in [1.29, 1.82) is 0 Å². The summed E-state index contributed by atoms with van der Waals surface area (Å²) in [5.41, 5.74) is 1.76. The quantitative estimate of drug-likeness (QED) is 0.825. The Balaban J connectivity index is 1.97. The SMILES string of the molecule is CCN(CC)C(=O)c1ccnc(C(=O)NCCc2cccc(Cl)c2)c1. The molecular formula is C19H22ClN3O2. The average Bonchev–Trinajstić information content (AvgIpc) is 2.62. The largest absolute Gasteiger partial charge is 0.350 e. The van der Waals surface area contributed by atoms with Gasteiger partial charge >= 0.3 is 0 Å². The van der Waals surface area contributed by atoms with Gasteiger partial charge < -0.3 is 10.2 Å². The van der Waals surface area contributed by atoms with Gasteiger partial charge in [0, 0.05) is 36.4 Å². The van der Waals surface area contributed by atoms with E-state index in [-0.39, 0.29) is 17.5 Å². The lowest BCUT2D eigenvalue weighted by Gasteiger charge is -2.18. The molecule has 0 fully saturated rings. The van der Waals surface area contributed by atoms with Crippen molar-refractivity contribution in [3.63, 3.8) is 0 Å². The Hall–Kier alpha value is -2.40. The number of amides is 2. The average molecular weight is 360 g/mol. The molecule has 0 atom stereocenters. The molecule has 0 saturated carbocycles. The highest BCUT2D eigenvalue weighted by Gasteiger charge is 2.15. The minimum atomic E-state index is -0.295. The number of aromatic nitrogens is 1. The number of hydrogen-bond donors (Lipinski definition) is 1. The molecule has 1 heterocycles. The number of carbonyl (C=O) groups excluding carboxylic acids is 2. The number of hydrogen-bond acceptors (Lipinski definition) is 3. The highest BCUT2D eigenvalue weighted by molar-refractivity contribution is 6.30. The molecule has 25 heavy (non-hydrogen) atoms. The molecule has 6 heteroatoms. The Bertz CT molecular complexity index is 745. The Kier molecular flexibility index (Phi) is 6.95. The lowest BCUT2D eigenvalue weighted by Crippen LogP contribution is -2.31. The van der Waals surface area contributed by atoms with Crippen LogP contribution in [0.2, 0.25) is 5.02 Å². The van der Waals surface area contributed by atoms with Crippen molar-refractivity contribution >= 4 is 23.4 Å². The van der Waals surface area contributed by atoms with Crippen molar-refractivity contribution in [2.45, 2.75) is 20.3 Å². The first-order valence-corrected chi connectivity index (χ1v) is 8.71. The van der Waals surface area contributed by atoms with Gasteiger partial charge in [-0.2, -0.15) is 0 Å². The number of pyridine rings is 1. The van der Waals surface area contributed by atoms with E-state index in [1.165, 1.54) is 12.3 Å². The van der Waals surface area contributed by atoms with E-state index in [0.29, 0.717) is 36.6 Å². The zero-order chi connectivity index (χ0) is 18.2. The highest BCUT2D eigenvalue weighted by Crippen LogP contribution is 2.11. The minimum absolute atomic E-state index is 0.0969. The van der Waals surface area contributed by atoms with Crippen LogP contribution >= 0.6 is 11.6 Å². The number of halogens is 1. The maximum Gasteiger partial charge on any atom is 0.269 e. The first kappa shape index (κ1) is 18.9. The molecule has 1 aromatic carbocycles. The molecular weight excluding hydrogens is 338 g/mol. The molecule has 0 unspecified atom stereocenters. The van der Waals surface area contributed by atoms with Gasteiger partial charge in [-0.1, -0.05) is 23.7 Å². The van der Waals surface area contributed by atoms with Crippen LogP contribution in [0, 0.1) is 0 Å². The maximum absolute atomic E-state index is 12.4. The normalized spacial score (nSPS) is 10.4. The van der Waals surface area contributed by atoms with Crippen LogP contribution in [0.5, 0.6) is 0 Å². The summed E-state index contributed by atoms with van der Waals surface area (Å²) in [4.78, 5) is 30.4. The van der Waals surface area contributed by atoms with E-state index in [1.807, 2.05) is 38.1 Å². The molecule has 0 radical (unpaired) electrons. The molecule has 0 spiro atoms. The molecule has 0 bridgehead atoms. The molecule has 2 amide bonds. The second-order valence-electron chi connectivity index (χ2n) is 5.54. The van der Waals surface area contributed by atoms with Crippen LogP contribution in [-0.4, -0.2) is 41.3 Å². The fourth-order valence-electron chi connectivity index (χ4n) is 2.48. The zero-order valence-corrected chi connectivity index (χ0v) is 15.2. The standard InChI is InChI=1S/C19H22ClN3O2/c1-3-23(4-2)19(25)15-9-11-21-17(13-15)18(24)22-10-8-14-6-5-7-16(20)12-14/h5-7,9,11-13H,3-4,8,10H2,1-2H3,(H,22,24). The number of rotatable bonds is 7. The summed E-state index contributed by atoms with van der Waals surface area (Å²) in [6.07, 6.45) is 2.16. The van der Waals surface area contributed by atoms with Crippen LogP contribution in [0.4, 0.5) is 0 Å².